The number of halogens is 1. The lowest BCUT2D eigenvalue weighted by Crippen LogP contribution is -1.84. The van der Waals surface area contributed by atoms with Crippen molar-refractivity contribution < 1.29 is 0 Å². The molecule has 78 valence electrons. The molecule has 15 heavy (non-hydrogen) atoms. The van der Waals surface area contributed by atoms with E-state index in [1.807, 2.05) is 6.07 Å². The highest BCUT2D eigenvalue weighted by Gasteiger charge is 2.10. The number of nitrogens with zero attached hydrogens (tertiary/aromatic N) is 1. The maximum Gasteiger partial charge on any atom is 0.164 e. The highest BCUT2D eigenvalue weighted by atomic mass is 35.5. The third kappa shape index (κ3) is 1.70. The molecule has 0 fully saturated rings. The molecule has 0 radical (unpaired) electrons. The Kier molecular flexibility index (Phi) is 2.40. The first kappa shape index (κ1) is 10.1. The van der Waals surface area contributed by atoms with Crippen LogP contribution >= 0.6 is 11.6 Å². The number of anilines is 1. The van der Waals surface area contributed by atoms with Gasteiger partial charge in [-0.25, -0.2) is 0 Å². The van der Waals surface area contributed by atoms with Gasteiger partial charge in [0, 0.05) is 5.56 Å². The summed E-state index contributed by atoms with van der Waals surface area (Å²) in [5.41, 5.74) is 9.83. The molecular formula is C11H12ClN3. The zero-order valence-electron chi connectivity index (χ0n) is 8.63. The van der Waals surface area contributed by atoms with Gasteiger partial charge >= 0.3 is 0 Å². The van der Waals surface area contributed by atoms with Crippen LogP contribution in [0, 0.1) is 13.8 Å². The van der Waals surface area contributed by atoms with Gasteiger partial charge in [-0.05, 0) is 31.0 Å². The van der Waals surface area contributed by atoms with Crippen molar-refractivity contribution in [1.82, 2.24) is 10.2 Å². The number of benzene rings is 1. The SMILES string of the molecule is Cc1ccc(-c2[nH]nc(N)c2Cl)cc1C. The molecule has 0 amide bonds. The van der Waals surface area contributed by atoms with Crippen molar-refractivity contribution >= 4 is 17.4 Å². The molecule has 3 N–H and O–H groups in total. The van der Waals surface area contributed by atoms with Crippen molar-refractivity contribution in [2.24, 2.45) is 0 Å². The Morgan fingerprint density at radius 3 is 2.53 bits per heavy atom. The number of rotatable bonds is 1. The number of nitrogens with one attached hydrogen (secondary N) is 1. The number of nitrogens with two attached hydrogens (primary N) is 1. The zero-order valence-corrected chi connectivity index (χ0v) is 9.39. The predicted molar refractivity (Wildman–Crippen MR) is 62.9 cm³/mol. The summed E-state index contributed by atoms with van der Waals surface area (Å²) in [6.07, 6.45) is 0. The van der Waals surface area contributed by atoms with Crippen molar-refractivity contribution in [2.75, 3.05) is 5.73 Å². The fourth-order valence-corrected chi connectivity index (χ4v) is 1.62. The molecule has 0 spiro atoms. The lowest BCUT2D eigenvalue weighted by atomic mass is 10.0. The number of aromatic nitrogens is 2. The summed E-state index contributed by atoms with van der Waals surface area (Å²) in [5, 5.41) is 7.18. The molecule has 0 saturated carbocycles. The number of hydrogen-bond donors (Lipinski definition) is 2. The zero-order chi connectivity index (χ0) is 11.0. The van der Waals surface area contributed by atoms with Crippen LogP contribution in [0.1, 0.15) is 11.1 Å². The summed E-state index contributed by atoms with van der Waals surface area (Å²) < 4.78 is 0. The van der Waals surface area contributed by atoms with Gasteiger partial charge in [0.25, 0.3) is 0 Å². The van der Waals surface area contributed by atoms with Crippen LogP contribution in [0.15, 0.2) is 18.2 Å². The molecule has 1 aromatic heterocycles. The third-order valence-electron chi connectivity index (χ3n) is 2.53. The molecular weight excluding hydrogens is 210 g/mol. The van der Waals surface area contributed by atoms with E-state index in [0.717, 1.165) is 11.3 Å². The molecule has 0 aliphatic heterocycles. The molecule has 0 aliphatic carbocycles. The van der Waals surface area contributed by atoms with Gasteiger partial charge in [-0.1, -0.05) is 23.7 Å². The van der Waals surface area contributed by atoms with Crippen molar-refractivity contribution in [3.05, 3.63) is 34.3 Å². The fraction of sp³-hybridized carbons (Fsp3) is 0.182. The first-order chi connectivity index (χ1) is 7.09. The predicted octanol–water partition coefficient (Wildman–Crippen LogP) is 2.93. The number of H-pyrrole nitrogens is 1. The molecule has 0 unspecified atom stereocenters. The number of aromatic amines is 1. The lowest BCUT2D eigenvalue weighted by Gasteiger charge is -2.03. The topological polar surface area (TPSA) is 54.7 Å². The van der Waals surface area contributed by atoms with Crippen LogP contribution in [-0.2, 0) is 0 Å². The smallest absolute Gasteiger partial charge is 0.164 e. The van der Waals surface area contributed by atoms with Gasteiger partial charge in [0.05, 0.1) is 5.69 Å². The maximum atomic E-state index is 6.02. The van der Waals surface area contributed by atoms with Gasteiger partial charge in [0.2, 0.25) is 0 Å². The number of aryl methyl sites for hydroxylation is 2. The average molecular weight is 222 g/mol. The Balaban J connectivity index is 2.55. The van der Waals surface area contributed by atoms with Crippen LogP contribution in [0.4, 0.5) is 5.82 Å². The minimum atomic E-state index is 0.338. The summed E-state index contributed by atoms with van der Waals surface area (Å²) in [6, 6.07) is 6.12. The molecule has 2 aromatic rings. The average Bonchev–Trinajstić information content (AvgIpc) is 2.53. The standard InChI is InChI=1S/C11H12ClN3/c1-6-3-4-8(5-7(6)2)10-9(12)11(13)15-14-10/h3-5H,1-2H3,(H3,13,14,15). The van der Waals surface area contributed by atoms with Crippen molar-refractivity contribution in [3.63, 3.8) is 0 Å². The second-order valence-electron chi connectivity index (χ2n) is 3.60. The van der Waals surface area contributed by atoms with Gasteiger partial charge in [0.15, 0.2) is 5.82 Å². The van der Waals surface area contributed by atoms with Crippen LogP contribution in [0.2, 0.25) is 5.02 Å². The monoisotopic (exact) mass is 221 g/mol. The van der Waals surface area contributed by atoms with Crippen LogP contribution in [0.5, 0.6) is 0 Å². The van der Waals surface area contributed by atoms with E-state index in [9.17, 15) is 0 Å². The summed E-state index contributed by atoms with van der Waals surface area (Å²) in [5.74, 6) is 0.338. The Morgan fingerprint density at radius 1 is 1.27 bits per heavy atom. The second kappa shape index (κ2) is 3.59. The summed E-state index contributed by atoms with van der Waals surface area (Å²) >= 11 is 6.02. The van der Waals surface area contributed by atoms with E-state index in [2.05, 4.69) is 36.2 Å². The Morgan fingerprint density at radius 2 is 2.00 bits per heavy atom. The minimum Gasteiger partial charge on any atom is -0.381 e. The van der Waals surface area contributed by atoms with E-state index >= 15 is 0 Å². The second-order valence-corrected chi connectivity index (χ2v) is 3.97. The molecule has 0 aliphatic rings. The Hall–Kier alpha value is -1.48. The van der Waals surface area contributed by atoms with Crippen LogP contribution in [-0.4, -0.2) is 10.2 Å². The maximum absolute atomic E-state index is 6.02. The molecule has 2 rings (SSSR count). The van der Waals surface area contributed by atoms with Crippen molar-refractivity contribution in [1.29, 1.82) is 0 Å². The first-order valence-electron chi connectivity index (χ1n) is 4.66. The molecule has 3 nitrogen and oxygen atoms in total. The van der Waals surface area contributed by atoms with Gasteiger partial charge in [-0.3, -0.25) is 5.10 Å². The number of nitrogen functional groups attached to an aromatic ring is 1. The van der Waals surface area contributed by atoms with Gasteiger partial charge in [-0.15, -0.1) is 0 Å². The number of hydrogen-bond acceptors (Lipinski definition) is 2. The van der Waals surface area contributed by atoms with Crippen LogP contribution in [0.3, 0.4) is 0 Å². The van der Waals surface area contributed by atoms with Crippen molar-refractivity contribution in [3.8, 4) is 11.3 Å². The Labute approximate surface area is 93.3 Å². The fourth-order valence-electron chi connectivity index (χ4n) is 1.43. The summed E-state index contributed by atoms with van der Waals surface area (Å²) in [6.45, 7) is 4.13. The van der Waals surface area contributed by atoms with E-state index in [1.165, 1.54) is 11.1 Å². The van der Waals surface area contributed by atoms with E-state index < -0.39 is 0 Å². The van der Waals surface area contributed by atoms with Crippen LogP contribution < -0.4 is 5.73 Å². The first-order valence-corrected chi connectivity index (χ1v) is 5.04. The Bertz CT molecular complexity index is 503. The molecule has 0 bridgehead atoms. The quantitative estimate of drug-likeness (QED) is 0.778. The van der Waals surface area contributed by atoms with Crippen molar-refractivity contribution in [2.45, 2.75) is 13.8 Å². The lowest BCUT2D eigenvalue weighted by molar-refractivity contribution is 1.10. The highest BCUT2D eigenvalue weighted by Crippen LogP contribution is 2.30. The molecule has 4 heteroatoms. The van der Waals surface area contributed by atoms with E-state index in [1.54, 1.807) is 0 Å². The third-order valence-corrected chi connectivity index (χ3v) is 2.91. The van der Waals surface area contributed by atoms with Crippen LogP contribution in [0.25, 0.3) is 11.3 Å². The normalized spacial score (nSPS) is 10.6. The molecule has 0 atom stereocenters. The largest absolute Gasteiger partial charge is 0.381 e. The minimum absolute atomic E-state index is 0.338. The molecule has 0 saturated heterocycles. The summed E-state index contributed by atoms with van der Waals surface area (Å²) in [4.78, 5) is 0. The van der Waals surface area contributed by atoms with Gasteiger partial charge < -0.3 is 5.73 Å². The highest BCUT2D eigenvalue weighted by molar-refractivity contribution is 6.35. The van der Waals surface area contributed by atoms with Gasteiger partial charge in [0.1, 0.15) is 5.02 Å². The van der Waals surface area contributed by atoms with E-state index in [4.69, 9.17) is 17.3 Å². The van der Waals surface area contributed by atoms with E-state index in [-0.39, 0.29) is 0 Å². The van der Waals surface area contributed by atoms with Gasteiger partial charge in [-0.2, -0.15) is 5.10 Å². The molecule has 1 heterocycles. The molecule has 1 aromatic carbocycles. The van der Waals surface area contributed by atoms with E-state index in [0.29, 0.717) is 10.8 Å². The summed E-state index contributed by atoms with van der Waals surface area (Å²) in [7, 11) is 0.